The van der Waals surface area contributed by atoms with Gasteiger partial charge in [-0.2, -0.15) is 5.26 Å². The molecule has 0 aliphatic heterocycles. The van der Waals surface area contributed by atoms with Crippen molar-refractivity contribution in [3.8, 4) is 17.3 Å². The maximum Gasteiger partial charge on any atom is 0.0992 e. The molecular formula is C12H7ClN2. The Labute approximate surface area is 92.8 Å². The molecule has 2 aromatic rings. The number of nitrogens with zero attached hydrogens (tertiary/aromatic N) is 2. The molecule has 0 aliphatic rings. The van der Waals surface area contributed by atoms with Crippen molar-refractivity contribution in [3.63, 3.8) is 0 Å². The number of halogens is 1. The average molecular weight is 215 g/mol. The zero-order valence-corrected chi connectivity index (χ0v) is 8.57. The average Bonchev–Trinajstić information content (AvgIpc) is 2.30. The predicted molar refractivity (Wildman–Crippen MR) is 59.4 cm³/mol. The molecule has 0 fully saturated rings. The summed E-state index contributed by atoms with van der Waals surface area (Å²) in [4.78, 5) is 4.19. The Bertz CT molecular complexity index is 512. The zero-order chi connectivity index (χ0) is 10.7. The molecule has 1 heterocycles. The van der Waals surface area contributed by atoms with Crippen molar-refractivity contribution < 1.29 is 0 Å². The number of nitriles is 1. The minimum Gasteiger partial charge on any atom is -0.256 e. The van der Waals surface area contributed by atoms with Gasteiger partial charge in [0.2, 0.25) is 0 Å². The molecule has 0 bridgehead atoms. The van der Waals surface area contributed by atoms with Crippen LogP contribution in [0.1, 0.15) is 5.56 Å². The lowest BCUT2D eigenvalue weighted by Crippen LogP contribution is -1.84. The van der Waals surface area contributed by atoms with Gasteiger partial charge in [0.15, 0.2) is 0 Å². The third-order valence-electron chi connectivity index (χ3n) is 2.03. The van der Waals surface area contributed by atoms with Gasteiger partial charge < -0.3 is 0 Å². The van der Waals surface area contributed by atoms with Crippen LogP contribution in [0.25, 0.3) is 11.3 Å². The van der Waals surface area contributed by atoms with Gasteiger partial charge in [-0.05, 0) is 24.3 Å². The number of aromatic nitrogens is 1. The van der Waals surface area contributed by atoms with Crippen LogP contribution >= 0.6 is 11.6 Å². The third kappa shape index (κ3) is 2.15. The summed E-state index contributed by atoms with van der Waals surface area (Å²) >= 11 is 5.78. The first kappa shape index (κ1) is 9.70. The van der Waals surface area contributed by atoms with E-state index in [9.17, 15) is 0 Å². The topological polar surface area (TPSA) is 36.7 Å². The Morgan fingerprint density at radius 2 is 1.87 bits per heavy atom. The number of pyridine rings is 1. The van der Waals surface area contributed by atoms with E-state index in [-0.39, 0.29) is 0 Å². The fourth-order valence-electron chi connectivity index (χ4n) is 1.28. The summed E-state index contributed by atoms with van der Waals surface area (Å²) < 4.78 is 0. The second-order valence-corrected chi connectivity index (χ2v) is 3.48. The maximum absolute atomic E-state index is 8.75. The van der Waals surface area contributed by atoms with Gasteiger partial charge in [-0.3, -0.25) is 4.98 Å². The van der Waals surface area contributed by atoms with Crippen LogP contribution in [0.4, 0.5) is 0 Å². The highest BCUT2D eigenvalue weighted by molar-refractivity contribution is 6.30. The summed E-state index contributed by atoms with van der Waals surface area (Å²) in [5, 5.41) is 9.44. The fraction of sp³-hybridized carbons (Fsp3) is 0. The van der Waals surface area contributed by atoms with E-state index >= 15 is 0 Å². The predicted octanol–water partition coefficient (Wildman–Crippen LogP) is 3.27. The second kappa shape index (κ2) is 4.12. The Balaban J connectivity index is 2.46. The number of rotatable bonds is 1. The van der Waals surface area contributed by atoms with Crippen LogP contribution in [0.3, 0.4) is 0 Å². The Kier molecular flexibility index (Phi) is 2.66. The first-order valence-corrected chi connectivity index (χ1v) is 4.79. The van der Waals surface area contributed by atoms with Crippen molar-refractivity contribution in [1.29, 1.82) is 5.26 Å². The smallest absolute Gasteiger partial charge is 0.0992 e. The number of benzene rings is 1. The van der Waals surface area contributed by atoms with Crippen molar-refractivity contribution in [1.82, 2.24) is 4.98 Å². The van der Waals surface area contributed by atoms with Crippen LogP contribution in [-0.4, -0.2) is 4.98 Å². The lowest BCUT2D eigenvalue weighted by Gasteiger charge is -2.00. The summed E-state index contributed by atoms with van der Waals surface area (Å²) in [6.07, 6.45) is 1.63. The highest BCUT2D eigenvalue weighted by Crippen LogP contribution is 2.19. The van der Waals surface area contributed by atoms with Crippen molar-refractivity contribution >= 4 is 11.6 Å². The Morgan fingerprint density at radius 1 is 1.13 bits per heavy atom. The quantitative estimate of drug-likeness (QED) is 0.731. The molecule has 0 N–H and O–H groups in total. The van der Waals surface area contributed by atoms with Gasteiger partial charge in [-0.1, -0.05) is 23.7 Å². The summed E-state index contributed by atoms with van der Waals surface area (Å²) in [6, 6.07) is 12.9. The van der Waals surface area contributed by atoms with Gasteiger partial charge in [0, 0.05) is 16.8 Å². The van der Waals surface area contributed by atoms with Gasteiger partial charge in [0.05, 0.1) is 17.3 Å². The van der Waals surface area contributed by atoms with E-state index in [1.54, 1.807) is 30.5 Å². The molecule has 0 radical (unpaired) electrons. The molecule has 1 aromatic heterocycles. The SMILES string of the molecule is N#Cc1ccnc(-c2ccc(Cl)cc2)c1. The normalized spacial score (nSPS) is 9.60. The molecule has 0 saturated heterocycles. The maximum atomic E-state index is 8.75. The van der Waals surface area contributed by atoms with Crippen LogP contribution in [0.5, 0.6) is 0 Å². The summed E-state index contributed by atoms with van der Waals surface area (Å²) in [7, 11) is 0. The van der Waals surface area contributed by atoms with Crippen molar-refractivity contribution in [2.75, 3.05) is 0 Å². The number of hydrogen-bond donors (Lipinski definition) is 0. The summed E-state index contributed by atoms with van der Waals surface area (Å²) in [6.45, 7) is 0. The monoisotopic (exact) mass is 214 g/mol. The molecule has 0 aliphatic carbocycles. The molecule has 0 amide bonds. The number of hydrogen-bond acceptors (Lipinski definition) is 2. The van der Waals surface area contributed by atoms with Crippen molar-refractivity contribution in [2.45, 2.75) is 0 Å². The summed E-state index contributed by atoms with van der Waals surface area (Å²) in [5.41, 5.74) is 2.34. The minimum absolute atomic E-state index is 0.606. The molecule has 0 saturated carbocycles. The van der Waals surface area contributed by atoms with Crippen LogP contribution < -0.4 is 0 Å². The van der Waals surface area contributed by atoms with Gasteiger partial charge in [-0.25, -0.2) is 0 Å². The van der Waals surface area contributed by atoms with Gasteiger partial charge in [-0.15, -0.1) is 0 Å². The summed E-state index contributed by atoms with van der Waals surface area (Å²) in [5.74, 6) is 0. The van der Waals surface area contributed by atoms with Gasteiger partial charge in [0.25, 0.3) is 0 Å². The molecular weight excluding hydrogens is 208 g/mol. The molecule has 15 heavy (non-hydrogen) atoms. The van der Waals surface area contributed by atoms with E-state index in [0.717, 1.165) is 11.3 Å². The lowest BCUT2D eigenvalue weighted by atomic mass is 10.1. The van der Waals surface area contributed by atoms with E-state index in [0.29, 0.717) is 10.6 Å². The standard InChI is InChI=1S/C12H7ClN2/c13-11-3-1-10(2-4-11)12-7-9(8-14)5-6-15-12/h1-7H. The Morgan fingerprint density at radius 3 is 2.53 bits per heavy atom. The largest absolute Gasteiger partial charge is 0.256 e. The minimum atomic E-state index is 0.606. The highest BCUT2D eigenvalue weighted by atomic mass is 35.5. The molecule has 0 spiro atoms. The van der Waals surface area contributed by atoms with E-state index < -0.39 is 0 Å². The molecule has 0 atom stereocenters. The van der Waals surface area contributed by atoms with Crippen molar-refractivity contribution in [3.05, 3.63) is 53.2 Å². The lowest BCUT2D eigenvalue weighted by molar-refractivity contribution is 1.31. The molecule has 1 aromatic carbocycles. The van der Waals surface area contributed by atoms with E-state index in [4.69, 9.17) is 16.9 Å². The van der Waals surface area contributed by atoms with Crippen LogP contribution in [0, 0.1) is 11.3 Å². The molecule has 72 valence electrons. The highest BCUT2D eigenvalue weighted by Gasteiger charge is 1.99. The molecule has 2 nitrogen and oxygen atoms in total. The fourth-order valence-corrected chi connectivity index (χ4v) is 1.40. The van der Waals surface area contributed by atoms with Crippen LogP contribution in [0.2, 0.25) is 5.02 Å². The third-order valence-corrected chi connectivity index (χ3v) is 2.28. The molecule has 0 unspecified atom stereocenters. The van der Waals surface area contributed by atoms with Crippen LogP contribution in [-0.2, 0) is 0 Å². The second-order valence-electron chi connectivity index (χ2n) is 3.05. The zero-order valence-electron chi connectivity index (χ0n) is 7.81. The first-order valence-electron chi connectivity index (χ1n) is 4.42. The van der Waals surface area contributed by atoms with E-state index in [1.165, 1.54) is 0 Å². The van der Waals surface area contributed by atoms with E-state index in [2.05, 4.69) is 11.1 Å². The van der Waals surface area contributed by atoms with Crippen molar-refractivity contribution in [2.24, 2.45) is 0 Å². The van der Waals surface area contributed by atoms with Crippen LogP contribution in [0.15, 0.2) is 42.6 Å². The molecule has 3 heteroatoms. The molecule has 2 rings (SSSR count). The first-order chi connectivity index (χ1) is 7.29. The van der Waals surface area contributed by atoms with Gasteiger partial charge >= 0.3 is 0 Å². The van der Waals surface area contributed by atoms with Gasteiger partial charge in [0.1, 0.15) is 0 Å². The van der Waals surface area contributed by atoms with E-state index in [1.807, 2.05) is 12.1 Å². The Hall–Kier alpha value is -1.85.